The highest BCUT2D eigenvalue weighted by atomic mass is 19.3. The molecule has 1 aromatic rings. The van der Waals surface area contributed by atoms with E-state index >= 15 is 0 Å². The van der Waals surface area contributed by atoms with Crippen molar-refractivity contribution in [1.29, 1.82) is 0 Å². The average Bonchev–Trinajstić information content (AvgIpc) is 2.52. The first-order chi connectivity index (χ1) is 6.59. The van der Waals surface area contributed by atoms with Gasteiger partial charge in [0.15, 0.2) is 5.69 Å². The molecule has 1 N–H and O–H groups in total. The number of hydrogen-bond acceptors (Lipinski definition) is 4. The summed E-state index contributed by atoms with van der Waals surface area (Å²) in [5.41, 5.74) is -0.234. The molecule has 0 atom stereocenters. The van der Waals surface area contributed by atoms with Crippen molar-refractivity contribution in [3.63, 3.8) is 0 Å². The number of carboxylic acids is 1. The third-order valence-electron chi connectivity index (χ3n) is 1.29. The van der Waals surface area contributed by atoms with Crippen LogP contribution in [0.2, 0.25) is 0 Å². The van der Waals surface area contributed by atoms with Gasteiger partial charge in [0.05, 0.1) is 19.3 Å². The van der Waals surface area contributed by atoms with E-state index in [1.807, 2.05) is 0 Å². The monoisotopic (exact) mass is 207 g/mol. The highest BCUT2D eigenvalue weighted by Gasteiger charge is 2.08. The van der Waals surface area contributed by atoms with Crippen LogP contribution in [-0.2, 0) is 11.3 Å². The van der Waals surface area contributed by atoms with E-state index in [9.17, 15) is 13.6 Å². The van der Waals surface area contributed by atoms with Gasteiger partial charge in [-0.05, 0) is 0 Å². The second kappa shape index (κ2) is 4.61. The van der Waals surface area contributed by atoms with E-state index in [0.717, 1.165) is 11.0 Å². The van der Waals surface area contributed by atoms with Crippen molar-refractivity contribution < 1.29 is 23.4 Å². The van der Waals surface area contributed by atoms with E-state index in [4.69, 9.17) is 5.11 Å². The van der Waals surface area contributed by atoms with Gasteiger partial charge in [0.1, 0.15) is 0 Å². The Labute approximate surface area is 77.1 Å². The Bertz CT molecular complexity index is 315. The van der Waals surface area contributed by atoms with Gasteiger partial charge in [0.25, 0.3) is 0 Å². The average molecular weight is 207 g/mol. The fraction of sp³-hybridized carbons (Fsp3) is 0.500. The number of nitrogens with zero attached hydrogens (tertiary/aromatic N) is 3. The van der Waals surface area contributed by atoms with E-state index in [1.165, 1.54) is 0 Å². The Morgan fingerprint density at radius 2 is 2.43 bits per heavy atom. The topological polar surface area (TPSA) is 77.2 Å². The summed E-state index contributed by atoms with van der Waals surface area (Å²) in [6, 6.07) is 0. The maximum atomic E-state index is 11.5. The first-order valence-corrected chi connectivity index (χ1v) is 3.63. The number of halogens is 2. The first kappa shape index (κ1) is 10.5. The molecule has 0 aliphatic carbocycles. The summed E-state index contributed by atoms with van der Waals surface area (Å²) >= 11 is 0. The van der Waals surface area contributed by atoms with Crippen LogP contribution in [0, 0.1) is 0 Å². The zero-order valence-corrected chi connectivity index (χ0v) is 6.93. The first-order valence-electron chi connectivity index (χ1n) is 3.63. The SMILES string of the molecule is O=C(O)c1cnn(CCOC(F)F)n1. The lowest BCUT2D eigenvalue weighted by Gasteiger charge is -2.00. The van der Waals surface area contributed by atoms with E-state index < -0.39 is 12.6 Å². The number of carboxylic acid groups (broad SMARTS) is 1. The molecule has 0 saturated heterocycles. The van der Waals surface area contributed by atoms with Crippen molar-refractivity contribution in [3.8, 4) is 0 Å². The Balaban J connectivity index is 2.40. The molecule has 8 heteroatoms. The van der Waals surface area contributed by atoms with Crippen LogP contribution < -0.4 is 0 Å². The molecule has 0 aliphatic rings. The zero-order chi connectivity index (χ0) is 10.6. The fourth-order valence-corrected chi connectivity index (χ4v) is 0.727. The number of ether oxygens (including phenoxy) is 1. The quantitative estimate of drug-likeness (QED) is 0.747. The summed E-state index contributed by atoms with van der Waals surface area (Å²) in [4.78, 5) is 11.3. The summed E-state index contributed by atoms with van der Waals surface area (Å²) in [6.07, 6.45) is 1.03. The van der Waals surface area contributed by atoms with Crippen LogP contribution in [0.25, 0.3) is 0 Å². The second-order valence-corrected chi connectivity index (χ2v) is 2.26. The van der Waals surface area contributed by atoms with E-state index in [-0.39, 0.29) is 18.8 Å². The maximum Gasteiger partial charge on any atom is 0.358 e. The molecule has 0 spiro atoms. The van der Waals surface area contributed by atoms with Crippen molar-refractivity contribution in [3.05, 3.63) is 11.9 Å². The van der Waals surface area contributed by atoms with Crippen molar-refractivity contribution in [2.24, 2.45) is 0 Å². The third-order valence-corrected chi connectivity index (χ3v) is 1.29. The summed E-state index contributed by atoms with van der Waals surface area (Å²) in [6.45, 7) is -3.13. The third kappa shape index (κ3) is 3.05. The lowest BCUT2D eigenvalue weighted by molar-refractivity contribution is -0.131. The number of rotatable bonds is 5. The van der Waals surface area contributed by atoms with Gasteiger partial charge in [-0.3, -0.25) is 0 Å². The van der Waals surface area contributed by atoms with Crippen LogP contribution >= 0.6 is 0 Å². The van der Waals surface area contributed by atoms with Gasteiger partial charge in [-0.2, -0.15) is 18.7 Å². The molecule has 0 aromatic carbocycles. The van der Waals surface area contributed by atoms with Gasteiger partial charge in [-0.1, -0.05) is 0 Å². The van der Waals surface area contributed by atoms with Crippen LogP contribution in [0.4, 0.5) is 8.78 Å². The van der Waals surface area contributed by atoms with Crippen LogP contribution in [0.1, 0.15) is 10.5 Å². The van der Waals surface area contributed by atoms with Crippen LogP contribution in [0.3, 0.4) is 0 Å². The van der Waals surface area contributed by atoms with Gasteiger partial charge >= 0.3 is 12.6 Å². The number of aromatic nitrogens is 3. The van der Waals surface area contributed by atoms with Crippen molar-refractivity contribution in [1.82, 2.24) is 15.0 Å². The Morgan fingerprint density at radius 3 is 2.93 bits per heavy atom. The summed E-state index contributed by atoms with van der Waals surface area (Å²) in [5.74, 6) is -1.22. The van der Waals surface area contributed by atoms with E-state index in [0.29, 0.717) is 0 Å². The predicted molar refractivity (Wildman–Crippen MR) is 38.9 cm³/mol. The molecule has 0 unspecified atom stereocenters. The van der Waals surface area contributed by atoms with E-state index in [2.05, 4.69) is 14.9 Å². The molecule has 0 saturated carbocycles. The van der Waals surface area contributed by atoms with Crippen molar-refractivity contribution in [2.75, 3.05) is 6.61 Å². The Morgan fingerprint density at radius 1 is 1.71 bits per heavy atom. The van der Waals surface area contributed by atoms with Gasteiger partial charge < -0.3 is 9.84 Å². The highest BCUT2D eigenvalue weighted by Crippen LogP contribution is 1.95. The molecule has 0 amide bonds. The summed E-state index contributed by atoms with van der Waals surface area (Å²) in [5, 5.41) is 15.5. The molecule has 78 valence electrons. The molecule has 1 heterocycles. The molecular formula is C6H7F2N3O3. The number of aromatic carboxylic acids is 1. The molecular weight excluding hydrogens is 200 g/mol. The molecule has 0 aliphatic heterocycles. The lowest BCUT2D eigenvalue weighted by Crippen LogP contribution is -2.12. The Kier molecular flexibility index (Phi) is 3.46. The van der Waals surface area contributed by atoms with Gasteiger partial charge in [-0.15, -0.1) is 5.10 Å². The molecule has 14 heavy (non-hydrogen) atoms. The normalized spacial score (nSPS) is 10.8. The molecule has 0 bridgehead atoms. The standard InChI is InChI=1S/C6H7F2N3O3/c7-6(8)14-2-1-11-9-3-4(10-11)5(12)13/h3,6H,1-2H2,(H,12,13). The summed E-state index contributed by atoms with van der Waals surface area (Å²) < 4.78 is 26.9. The minimum atomic E-state index is -2.84. The predicted octanol–water partition coefficient (Wildman–Crippen LogP) is 0.216. The highest BCUT2D eigenvalue weighted by molar-refractivity contribution is 5.84. The van der Waals surface area contributed by atoms with E-state index in [1.54, 1.807) is 0 Å². The minimum absolute atomic E-state index is 0.0163. The molecule has 0 fully saturated rings. The van der Waals surface area contributed by atoms with Crippen LogP contribution in [-0.4, -0.2) is 39.3 Å². The largest absolute Gasteiger partial charge is 0.476 e. The molecule has 1 aromatic heterocycles. The van der Waals surface area contributed by atoms with Gasteiger partial charge in [0.2, 0.25) is 0 Å². The second-order valence-electron chi connectivity index (χ2n) is 2.26. The smallest absolute Gasteiger partial charge is 0.358 e. The molecule has 1 rings (SSSR count). The van der Waals surface area contributed by atoms with Gasteiger partial charge in [-0.25, -0.2) is 4.79 Å². The number of hydrogen-bond donors (Lipinski definition) is 1. The fourth-order valence-electron chi connectivity index (χ4n) is 0.727. The van der Waals surface area contributed by atoms with Crippen molar-refractivity contribution >= 4 is 5.97 Å². The Hall–Kier alpha value is -1.57. The lowest BCUT2D eigenvalue weighted by atomic mass is 10.5. The molecule has 0 radical (unpaired) electrons. The molecule has 6 nitrogen and oxygen atoms in total. The zero-order valence-electron chi connectivity index (χ0n) is 6.93. The number of carbonyl (C=O) groups is 1. The maximum absolute atomic E-state index is 11.5. The van der Waals surface area contributed by atoms with Crippen LogP contribution in [0.15, 0.2) is 6.20 Å². The minimum Gasteiger partial charge on any atom is -0.476 e. The van der Waals surface area contributed by atoms with Gasteiger partial charge in [0, 0.05) is 0 Å². The van der Waals surface area contributed by atoms with Crippen molar-refractivity contribution in [2.45, 2.75) is 13.2 Å². The van der Waals surface area contributed by atoms with Crippen LogP contribution in [0.5, 0.6) is 0 Å². The number of alkyl halides is 2. The summed E-state index contributed by atoms with van der Waals surface area (Å²) in [7, 11) is 0.